The summed E-state index contributed by atoms with van der Waals surface area (Å²) in [4.78, 5) is 15.1. The van der Waals surface area contributed by atoms with Crippen LogP contribution in [-0.4, -0.2) is 27.2 Å². The van der Waals surface area contributed by atoms with Crippen LogP contribution < -0.4 is 4.74 Å². The molecule has 20 heavy (non-hydrogen) atoms. The van der Waals surface area contributed by atoms with E-state index in [4.69, 9.17) is 9.84 Å². The van der Waals surface area contributed by atoms with E-state index in [9.17, 15) is 4.79 Å². The van der Waals surface area contributed by atoms with Crippen molar-refractivity contribution in [1.29, 1.82) is 0 Å². The van der Waals surface area contributed by atoms with E-state index in [1.807, 2.05) is 17.8 Å². The van der Waals surface area contributed by atoms with Crippen molar-refractivity contribution in [2.24, 2.45) is 7.05 Å². The van der Waals surface area contributed by atoms with Gasteiger partial charge in [-0.3, -0.25) is 0 Å². The number of hydrogen-bond acceptors (Lipinski definition) is 3. The maximum Gasteiger partial charge on any atom is 0.335 e. The minimum Gasteiger partial charge on any atom is -0.491 e. The number of rotatable bonds is 5. The van der Waals surface area contributed by atoms with Crippen LogP contribution in [0.25, 0.3) is 0 Å². The average Bonchev–Trinajstić information content (AvgIpc) is 2.78. The fraction of sp³-hybridized carbons (Fsp3) is 0.231. The van der Waals surface area contributed by atoms with Gasteiger partial charge in [-0.05, 0) is 44.0 Å². The molecule has 0 amide bonds. The Labute approximate surface area is 132 Å². The van der Waals surface area contributed by atoms with Crippen LogP contribution in [0.3, 0.4) is 0 Å². The summed E-state index contributed by atoms with van der Waals surface area (Å²) in [5.74, 6) is 0.537. The first-order chi connectivity index (χ1) is 9.49. The van der Waals surface area contributed by atoms with E-state index in [-0.39, 0.29) is 5.56 Å². The molecule has 106 valence electrons. The van der Waals surface area contributed by atoms with Crippen LogP contribution in [0.15, 0.2) is 33.5 Å². The Hall–Kier alpha value is -1.34. The second kappa shape index (κ2) is 6.41. The summed E-state index contributed by atoms with van der Waals surface area (Å²) in [5.41, 5.74) is 0.195. The van der Waals surface area contributed by atoms with Crippen molar-refractivity contribution in [1.82, 2.24) is 9.55 Å². The Morgan fingerprint density at radius 3 is 2.55 bits per heavy atom. The monoisotopic (exact) mass is 402 g/mol. The van der Waals surface area contributed by atoms with E-state index < -0.39 is 5.97 Å². The Balaban J connectivity index is 2.06. The number of hydrogen-bond donors (Lipinski definition) is 1. The maximum absolute atomic E-state index is 10.9. The lowest BCUT2D eigenvalue weighted by atomic mass is 10.2. The highest BCUT2D eigenvalue weighted by Gasteiger charge is 2.13. The molecular weight excluding hydrogens is 392 g/mol. The minimum atomic E-state index is -0.981. The van der Waals surface area contributed by atoms with Gasteiger partial charge in [-0.25, -0.2) is 9.78 Å². The van der Waals surface area contributed by atoms with Gasteiger partial charge < -0.3 is 14.4 Å². The lowest BCUT2D eigenvalue weighted by molar-refractivity contribution is 0.0696. The van der Waals surface area contributed by atoms with E-state index in [2.05, 4.69) is 36.8 Å². The number of benzene rings is 1. The first-order valence-electron chi connectivity index (χ1n) is 5.80. The van der Waals surface area contributed by atoms with Gasteiger partial charge in [0.2, 0.25) is 0 Å². The molecule has 0 bridgehead atoms. The second-order valence-corrected chi connectivity index (χ2v) is 5.84. The van der Waals surface area contributed by atoms with E-state index in [1.165, 1.54) is 12.1 Å². The van der Waals surface area contributed by atoms with Crippen molar-refractivity contribution in [3.05, 3.63) is 44.9 Å². The average molecular weight is 404 g/mol. The van der Waals surface area contributed by atoms with Gasteiger partial charge in [-0.2, -0.15) is 0 Å². The van der Waals surface area contributed by atoms with Crippen molar-refractivity contribution in [3.63, 3.8) is 0 Å². The van der Waals surface area contributed by atoms with Crippen LogP contribution in [-0.2, 0) is 13.5 Å². The Kier molecular flexibility index (Phi) is 4.82. The molecule has 1 aromatic carbocycles. The molecule has 0 saturated carbocycles. The van der Waals surface area contributed by atoms with Crippen LogP contribution in [0.5, 0.6) is 5.75 Å². The predicted octanol–water partition coefficient (Wildman–Crippen LogP) is 3.26. The molecule has 1 N–H and O–H groups in total. The third-order valence-corrected chi connectivity index (χ3v) is 3.92. The zero-order valence-electron chi connectivity index (χ0n) is 10.6. The van der Waals surface area contributed by atoms with Gasteiger partial charge >= 0.3 is 5.97 Å². The lowest BCUT2D eigenvalue weighted by Gasteiger charge is -2.11. The molecule has 0 unspecified atom stereocenters. The van der Waals surface area contributed by atoms with E-state index >= 15 is 0 Å². The molecule has 0 aliphatic rings. The molecule has 0 aliphatic heterocycles. The Bertz CT molecular complexity index is 617. The summed E-state index contributed by atoms with van der Waals surface area (Å²) in [5, 5.41) is 8.96. The summed E-state index contributed by atoms with van der Waals surface area (Å²) in [6.07, 6.45) is 4.29. The number of nitrogens with zero attached hydrogens (tertiary/aromatic N) is 2. The van der Waals surface area contributed by atoms with Gasteiger partial charge in [-0.15, -0.1) is 0 Å². The predicted molar refractivity (Wildman–Crippen MR) is 81.2 cm³/mol. The third kappa shape index (κ3) is 3.40. The lowest BCUT2D eigenvalue weighted by Crippen LogP contribution is -2.07. The van der Waals surface area contributed by atoms with Crippen LogP contribution in [0, 0.1) is 0 Å². The molecule has 0 radical (unpaired) electrons. The van der Waals surface area contributed by atoms with Crippen LogP contribution in [0.1, 0.15) is 16.2 Å². The summed E-state index contributed by atoms with van der Waals surface area (Å²) in [6, 6.07) is 3.03. The molecule has 2 rings (SSSR count). The molecule has 7 heteroatoms. The number of halogens is 2. The number of carboxylic acid groups (broad SMARTS) is 1. The largest absolute Gasteiger partial charge is 0.491 e. The maximum atomic E-state index is 10.9. The zero-order chi connectivity index (χ0) is 14.7. The molecule has 0 spiro atoms. The first-order valence-corrected chi connectivity index (χ1v) is 7.39. The topological polar surface area (TPSA) is 64.4 Å². The summed E-state index contributed by atoms with van der Waals surface area (Å²) in [6.45, 7) is 0.453. The fourth-order valence-corrected chi connectivity index (χ4v) is 3.12. The third-order valence-electron chi connectivity index (χ3n) is 2.74. The number of aromatic carboxylic acids is 1. The van der Waals surface area contributed by atoms with Crippen LogP contribution >= 0.6 is 31.9 Å². The molecule has 2 aromatic rings. The van der Waals surface area contributed by atoms with Gasteiger partial charge in [0, 0.05) is 25.9 Å². The number of imidazole rings is 1. The van der Waals surface area contributed by atoms with Gasteiger partial charge in [-0.1, -0.05) is 0 Å². The number of carboxylic acids is 1. The van der Waals surface area contributed by atoms with Crippen LogP contribution in [0.4, 0.5) is 0 Å². The van der Waals surface area contributed by atoms with Crippen molar-refractivity contribution in [2.75, 3.05) is 6.61 Å². The summed E-state index contributed by atoms with van der Waals surface area (Å²) in [7, 11) is 1.93. The highest BCUT2D eigenvalue weighted by Crippen LogP contribution is 2.34. The summed E-state index contributed by atoms with van der Waals surface area (Å²) < 4.78 is 8.82. The number of aromatic nitrogens is 2. The molecule has 0 saturated heterocycles. The quantitative estimate of drug-likeness (QED) is 0.832. The smallest absolute Gasteiger partial charge is 0.335 e. The summed E-state index contributed by atoms with van der Waals surface area (Å²) >= 11 is 6.64. The van der Waals surface area contributed by atoms with Gasteiger partial charge in [0.05, 0.1) is 21.1 Å². The zero-order valence-corrected chi connectivity index (χ0v) is 13.8. The highest BCUT2D eigenvalue weighted by molar-refractivity contribution is 9.11. The first kappa shape index (κ1) is 15.1. The second-order valence-electron chi connectivity index (χ2n) is 4.13. The molecule has 0 fully saturated rings. The fourth-order valence-electron chi connectivity index (χ4n) is 1.70. The molecule has 0 atom stereocenters. The molecular formula is C13H12Br2N2O3. The minimum absolute atomic E-state index is 0.195. The van der Waals surface area contributed by atoms with E-state index in [0.717, 1.165) is 5.82 Å². The van der Waals surface area contributed by atoms with Gasteiger partial charge in [0.15, 0.2) is 0 Å². The molecule has 1 heterocycles. The Morgan fingerprint density at radius 2 is 2.05 bits per heavy atom. The molecule has 5 nitrogen and oxygen atoms in total. The standard InChI is InChI=1S/C13H12Br2N2O3/c1-17-4-3-16-11(17)2-5-20-12-9(14)6-8(13(18)19)7-10(12)15/h3-4,6-7H,2,5H2,1H3,(H,18,19). The van der Waals surface area contributed by atoms with Crippen molar-refractivity contribution in [3.8, 4) is 5.75 Å². The van der Waals surface area contributed by atoms with Crippen molar-refractivity contribution < 1.29 is 14.6 Å². The SMILES string of the molecule is Cn1ccnc1CCOc1c(Br)cc(C(=O)O)cc1Br. The number of aryl methyl sites for hydroxylation is 1. The Morgan fingerprint density at radius 1 is 1.40 bits per heavy atom. The normalized spacial score (nSPS) is 10.6. The van der Waals surface area contributed by atoms with Gasteiger partial charge in [0.25, 0.3) is 0 Å². The van der Waals surface area contributed by atoms with Gasteiger partial charge in [0.1, 0.15) is 11.6 Å². The molecule has 0 aliphatic carbocycles. The number of carbonyl (C=O) groups is 1. The molecule has 1 aromatic heterocycles. The van der Waals surface area contributed by atoms with E-state index in [0.29, 0.717) is 27.7 Å². The van der Waals surface area contributed by atoms with Crippen molar-refractivity contribution >= 4 is 37.8 Å². The number of ether oxygens (including phenoxy) is 1. The van der Waals surface area contributed by atoms with Crippen LogP contribution in [0.2, 0.25) is 0 Å². The van der Waals surface area contributed by atoms with E-state index in [1.54, 1.807) is 6.20 Å². The van der Waals surface area contributed by atoms with Crippen molar-refractivity contribution in [2.45, 2.75) is 6.42 Å². The highest BCUT2D eigenvalue weighted by atomic mass is 79.9.